The normalized spacial score (nSPS) is 12.1. The van der Waals surface area contributed by atoms with E-state index in [1.54, 1.807) is 49.4 Å². The maximum absolute atomic E-state index is 13.1. The Bertz CT molecular complexity index is 1250. The molecular weight excluding hydrogens is 442 g/mol. The molecule has 0 aliphatic carbocycles. The number of amides is 2. The second kappa shape index (κ2) is 9.91. The van der Waals surface area contributed by atoms with E-state index in [1.807, 2.05) is 19.1 Å². The molecule has 9 heteroatoms. The minimum Gasteiger partial charge on any atom is -0.467 e. The number of sulfonamides is 1. The Hall–Kier alpha value is -3.59. The summed E-state index contributed by atoms with van der Waals surface area (Å²) in [6.07, 6.45) is 2.58. The number of anilines is 2. The van der Waals surface area contributed by atoms with Crippen LogP contribution in [0.5, 0.6) is 0 Å². The van der Waals surface area contributed by atoms with Crippen LogP contribution in [0.25, 0.3) is 0 Å². The molecule has 33 heavy (non-hydrogen) atoms. The van der Waals surface area contributed by atoms with Gasteiger partial charge in [0.15, 0.2) is 0 Å². The zero-order valence-corrected chi connectivity index (χ0v) is 19.8. The molecule has 2 aromatic carbocycles. The monoisotopic (exact) mass is 469 g/mol. The largest absolute Gasteiger partial charge is 0.467 e. The van der Waals surface area contributed by atoms with Crippen LogP contribution >= 0.6 is 0 Å². The maximum atomic E-state index is 13.1. The Morgan fingerprint density at radius 1 is 1.06 bits per heavy atom. The fraction of sp³-hybridized carbons (Fsp3) is 0.250. The van der Waals surface area contributed by atoms with Crippen molar-refractivity contribution in [2.24, 2.45) is 0 Å². The van der Waals surface area contributed by atoms with Crippen molar-refractivity contribution in [1.82, 2.24) is 5.32 Å². The van der Waals surface area contributed by atoms with E-state index in [4.69, 9.17) is 4.42 Å². The predicted octanol–water partition coefficient (Wildman–Crippen LogP) is 3.62. The van der Waals surface area contributed by atoms with Crippen LogP contribution in [-0.4, -0.2) is 32.5 Å². The maximum Gasteiger partial charge on any atom is 0.253 e. The smallest absolute Gasteiger partial charge is 0.253 e. The van der Waals surface area contributed by atoms with Crippen molar-refractivity contribution in [3.05, 3.63) is 83.3 Å². The molecule has 0 radical (unpaired) electrons. The number of para-hydroxylation sites is 1. The number of carbonyl (C=O) groups excluding carboxylic acids is 2. The number of furan rings is 1. The summed E-state index contributed by atoms with van der Waals surface area (Å²) in [5, 5.41) is 5.45. The third-order valence-corrected chi connectivity index (χ3v) is 6.35. The van der Waals surface area contributed by atoms with Gasteiger partial charge in [0.25, 0.3) is 5.91 Å². The summed E-state index contributed by atoms with van der Waals surface area (Å²) < 4.78 is 31.6. The van der Waals surface area contributed by atoms with Crippen LogP contribution in [0.1, 0.15) is 34.2 Å². The van der Waals surface area contributed by atoms with Crippen LogP contribution < -0.4 is 14.9 Å². The van der Waals surface area contributed by atoms with Crippen LogP contribution in [0.4, 0.5) is 11.4 Å². The van der Waals surface area contributed by atoms with Crippen LogP contribution in [0.2, 0.25) is 0 Å². The highest BCUT2D eigenvalue weighted by Gasteiger charge is 2.30. The lowest BCUT2D eigenvalue weighted by Crippen LogP contribution is -2.46. The lowest BCUT2D eigenvalue weighted by molar-refractivity contribution is -0.116. The Balaban J connectivity index is 1.84. The van der Waals surface area contributed by atoms with Crippen molar-refractivity contribution < 1.29 is 22.4 Å². The molecule has 1 heterocycles. The first-order chi connectivity index (χ1) is 15.6. The van der Waals surface area contributed by atoms with Crippen LogP contribution in [-0.2, 0) is 21.4 Å². The topological polar surface area (TPSA) is 109 Å². The summed E-state index contributed by atoms with van der Waals surface area (Å²) in [5.41, 5.74) is 2.56. The first-order valence-electron chi connectivity index (χ1n) is 10.3. The summed E-state index contributed by atoms with van der Waals surface area (Å²) in [4.78, 5) is 25.8. The molecule has 0 saturated carbocycles. The van der Waals surface area contributed by atoms with E-state index in [1.165, 1.54) is 13.2 Å². The third kappa shape index (κ3) is 5.81. The van der Waals surface area contributed by atoms with Crippen LogP contribution in [0.3, 0.4) is 0 Å². The van der Waals surface area contributed by atoms with E-state index in [0.717, 1.165) is 21.7 Å². The van der Waals surface area contributed by atoms with Gasteiger partial charge < -0.3 is 15.1 Å². The molecule has 1 atom stereocenters. The number of rotatable bonds is 8. The molecule has 1 aromatic heterocycles. The SMILES string of the molecule is Cc1ccc(C)c(N([C@H](C)C(=O)Nc2ccccc2C(=O)NCc2ccco2)S(C)(=O)=O)c1. The van der Waals surface area contributed by atoms with Crippen molar-refractivity contribution >= 4 is 33.2 Å². The van der Waals surface area contributed by atoms with Crippen molar-refractivity contribution in [3.63, 3.8) is 0 Å². The molecule has 0 spiro atoms. The summed E-state index contributed by atoms with van der Waals surface area (Å²) in [6, 6.07) is 14.4. The van der Waals surface area contributed by atoms with E-state index in [0.29, 0.717) is 11.4 Å². The molecule has 3 aromatic rings. The zero-order chi connectivity index (χ0) is 24.2. The minimum atomic E-state index is -3.77. The molecule has 0 unspecified atom stereocenters. The number of hydrogen-bond donors (Lipinski definition) is 2. The molecule has 0 saturated heterocycles. The molecule has 174 valence electrons. The summed E-state index contributed by atoms with van der Waals surface area (Å²) in [7, 11) is -3.77. The lowest BCUT2D eigenvalue weighted by Gasteiger charge is -2.30. The Kier molecular flexibility index (Phi) is 7.23. The summed E-state index contributed by atoms with van der Waals surface area (Å²) in [5.74, 6) is -0.368. The van der Waals surface area contributed by atoms with Gasteiger partial charge in [-0.05, 0) is 62.2 Å². The van der Waals surface area contributed by atoms with Gasteiger partial charge in [-0.1, -0.05) is 24.3 Å². The summed E-state index contributed by atoms with van der Waals surface area (Å²) in [6.45, 7) is 5.35. The van der Waals surface area contributed by atoms with Crippen molar-refractivity contribution in [2.45, 2.75) is 33.4 Å². The number of benzene rings is 2. The number of aryl methyl sites for hydroxylation is 2. The fourth-order valence-electron chi connectivity index (χ4n) is 3.44. The first-order valence-corrected chi connectivity index (χ1v) is 12.2. The Labute approximate surface area is 193 Å². The van der Waals surface area contributed by atoms with Gasteiger partial charge in [0.2, 0.25) is 15.9 Å². The minimum absolute atomic E-state index is 0.193. The second-order valence-electron chi connectivity index (χ2n) is 7.82. The number of nitrogens with one attached hydrogen (secondary N) is 2. The van der Waals surface area contributed by atoms with Gasteiger partial charge in [-0.15, -0.1) is 0 Å². The highest BCUT2D eigenvalue weighted by atomic mass is 32.2. The van der Waals surface area contributed by atoms with E-state index >= 15 is 0 Å². The summed E-state index contributed by atoms with van der Waals surface area (Å²) >= 11 is 0. The molecule has 3 rings (SSSR count). The quantitative estimate of drug-likeness (QED) is 0.524. The van der Waals surface area contributed by atoms with Crippen molar-refractivity contribution in [2.75, 3.05) is 15.9 Å². The molecule has 2 N–H and O–H groups in total. The molecule has 0 fully saturated rings. The highest BCUT2D eigenvalue weighted by molar-refractivity contribution is 7.92. The number of carbonyl (C=O) groups is 2. The average Bonchev–Trinajstić information content (AvgIpc) is 3.27. The van der Waals surface area contributed by atoms with Gasteiger partial charge >= 0.3 is 0 Å². The molecule has 0 bridgehead atoms. The molecule has 0 aliphatic heterocycles. The van der Waals surface area contributed by atoms with Crippen molar-refractivity contribution in [1.29, 1.82) is 0 Å². The van der Waals surface area contributed by atoms with Crippen molar-refractivity contribution in [3.8, 4) is 0 Å². The number of nitrogens with zero attached hydrogens (tertiary/aromatic N) is 1. The molecule has 0 aliphatic rings. The fourth-order valence-corrected chi connectivity index (χ4v) is 4.67. The van der Waals surface area contributed by atoms with Gasteiger partial charge in [0.1, 0.15) is 11.8 Å². The second-order valence-corrected chi connectivity index (χ2v) is 9.68. The van der Waals surface area contributed by atoms with Gasteiger partial charge in [-0.2, -0.15) is 0 Å². The zero-order valence-electron chi connectivity index (χ0n) is 19.0. The third-order valence-electron chi connectivity index (χ3n) is 5.12. The van der Waals surface area contributed by atoms with E-state index < -0.39 is 27.9 Å². The highest BCUT2D eigenvalue weighted by Crippen LogP contribution is 2.27. The molecule has 2 amide bonds. The number of hydrogen-bond acceptors (Lipinski definition) is 5. The Morgan fingerprint density at radius 3 is 2.45 bits per heavy atom. The van der Waals surface area contributed by atoms with E-state index in [2.05, 4.69) is 10.6 Å². The first kappa shape index (κ1) is 24.1. The standard InChI is InChI=1S/C24H27N3O5S/c1-16-11-12-17(2)22(14-16)27(33(4,30)31)18(3)23(28)26-21-10-6-5-9-20(21)24(29)25-15-19-8-7-13-32-19/h5-14,18H,15H2,1-4H3,(H,25,29)(H,26,28)/t18-/m1/s1. The average molecular weight is 470 g/mol. The molecular formula is C24H27N3O5S. The predicted molar refractivity (Wildman–Crippen MR) is 128 cm³/mol. The van der Waals surface area contributed by atoms with Gasteiger partial charge in [0.05, 0.1) is 36.0 Å². The lowest BCUT2D eigenvalue weighted by atomic mass is 10.1. The van der Waals surface area contributed by atoms with Gasteiger partial charge in [-0.25, -0.2) is 8.42 Å². The van der Waals surface area contributed by atoms with Gasteiger partial charge in [0, 0.05) is 0 Å². The van der Waals surface area contributed by atoms with Gasteiger partial charge in [-0.3, -0.25) is 13.9 Å². The van der Waals surface area contributed by atoms with Crippen LogP contribution in [0, 0.1) is 13.8 Å². The van der Waals surface area contributed by atoms with Crippen LogP contribution in [0.15, 0.2) is 65.3 Å². The van der Waals surface area contributed by atoms with E-state index in [9.17, 15) is 18.0 Å². The Morgan fingerprint density at radius 2 is 1.79 bits per heavy atom. The van der Waals surface area contributed by atoms with E-state index in [-0.39, 0.29) is 17.8 Å². The molecule has 8 nitrogen and oxygen atoms in total.